The molecule has 1 rings (SSSR count). The van der Waals surface area contributed by atoms with Crippen molar-refractivity contribution in [2.45, 2.75) is 19.2 Å². The third-order valence-electron chi connectivity index (χ3n) is 1.36. The molecular weight excluding hydrogens is 203 g/mol. The van der Waals surface area contributed by atoms with Gasteiger partial charge >= 0.3 is 12.1 Å². The van der Waals surface area contributed by atoms with E-state index < -0.39 is 12.1 Å². The molecule has 0 aromatic heterocycles. The Morgan fingerprint density at radius 2 is 2.07 bits per heavy atom. The first-order chi connectivity index (χ1) is 6.34. The molecule has 0 aromatic rings. The van der Waals surface area contributed by atoms with Crippen LogP contribution in [0.2, 0.25) is 0 Å². The van der Waals surface area contributed by atoms with E-state index in [0.29, 0.717) is 6.10 Å². The van der Waals surface area contributed by atoms with E-state index in [1.807, 2.05) is 0 Å². The average Bonchev–Trinajstić information content (AvgIpc) is 2.04. The van der Waals surface area contributed by atoms with E-state index in [0.717, 1.165) is 19.7 Å². The van der Waals surface area contributed by atoms with Gasteiger partial charge < -0.3 is 15.2 Å². The maximum atomic E-state index is 10.6. The lowest BCUT2D eigenvalue weighted by atomic mass is 10.3. The number of morpholine rings is 1. The van der Waals surface area contributed by atoms with Crippen molar-refractivity contribution < 1.29 is 27.8 Å². The molecule has 1 atom stereocenters. The number of rotatable bonds is 0. The smallest absolute Gasteiger partial charge is 0.475 e. The summed E-state index contributed by atoms with van der Waals surface area (Å²) in [7, 11) is 0. The van der Waals surface area contributed by atoms with Crippen LogP contribution >= 0.6 is 0 Å². The second-order valence-corrected chi connectivity index (χ2v) is 2.69. The Balaban J connectivity index is 0.000000241. The minimum Gasteiger partial charge on any atom is -0.475 e. The Hall–Kier alpha value is -0.820. The summed E-state index contributed by atoms with van der Waals surface area (Å²) in [6, 6.07) is 0. The predicted molar refractivity (Wildman–Crippen MR) is 42.0 cm³/mol. The number of carboxylic acids is 1. The van der Waals surface area contributed by atoms with Crippen LogP contribution in [0.3, 0.4) is 0 Å². The van der Waals surface area contributed by atoms with Gasteiger partial charge in [0.1, 0.15) is 0 Å². The first kappa shape index (κ1) is 13.2. The van der Waals surface area contributed by atoms with Gasteiger partial charge in [0, 0.05) is 13.1 Å². The van der Waals surface area contributed by atoms with Crippen LogP contribution < -0.4 is 5.32 Å². The van der Waals surface area contributed by atoms with Gasteiger partial charge in [-0.25, -0.2) is 4.79 Å². The Morgan fingerprint density at radius 3 is 2.21 bits per heavy atom. The molecule has 0 aromatic carbocycles. The van der Waals surface area contributed by atoms with Gasteiger partial charge in [0.15, 0.2) is 0 Å². The van der Waals surface area contributed by atoms with Crippen molar-refractivity contribution in [3.8, 4) is 0 Å². The molecule has 14 heavy (non-hydrogen) atoms. The molecule has 0 radical (unpaired) electrons. The summed E-state index contributed by atoms with van der Waals surface area (Å²) < 4.78 is 37.0. The number of hydrogen-bond donors (Lipinski definition) is 2. The lowest BCUT2D eigenvalue weighted by molar-refractivity contribution is -0.192. The van der Waals surface area contributed by atoms with Crippen LogP contribution in [0.1, 0.15) is 6.92 Å². The fourth-order valence-corrected chi connectivity index (χ4v) is 0.697. The SMILES string of the molecule is CC1CNCCO1.O=C(O)C(F)(F)F. The van der Waals surface area contributed by atoms with Gasteiger partial charge in [0.05, 0.1) is 12.7 Å². The van der Waals surface area contributed by atoms with Crippen LogP contribution in [-0.4, -0.2) is 43.1 Å². The lowest BCUT2D eigenvalue weighted by Gasteiger charge is -2.18. The summed E-state index contributed by atoms with van der Waals surface area (Å²) in [6.07, 6.45) is -4.66. The van der Waals surface area contributed by atoms with E-state index in [2.05, 4.69) is 12.2 Å². The first-order valence-corrected chi connectivity index (χ1v) is 3.96. The van der Waals surface area contributed by atoms with Crippen molar-refractivity contribution in [1.82, 2.24) is 5.32 Å². The number of carboxylic acid groups (broad SMARTS) is 1. The third-order valence-corrected chi connectivity index (χ3v) is 1.36. The Bertz CT molecular complexity index is 178. The zero-order chi connectivity index (χ0) is 11.2. The first-order valence-electron chi connectivity index (χ1n) is 3.96. The Labute approximate surface area is 79.0 Å². The highest BCUT2D eigenvalue weighted by Crippen LogP contribution is 2.13. The topological polar surface area (TPSA) is 58.6 Å². The minimum absolute atomic E-state index is 0.425. The molecule has 0 amide bonds. The van der Waals surface area contributed by atoms with Crippen LogP contribution in [0.25, 0.3) is 0 Å². The number of hydrogen-bond acceptors (Lipinski definition) is 3. The van der Waals surface area contributed by atoms with Crippen molar-refractivity contribution in [3.63, 3.8) is 0 Å². The zero-order valence-corrected chi connectivity index (χ0v) is 7.60. The summed E-state index contributed by atoms with van der Waals surface area (Å²) in [6.45, 7) is 4.98. The number of alkyl halides is 3. The van der Waals surface area contributed by atoms with Gasteiger partial charge in [0.2, 0.25) is 0 Å². The van der Waals surface area contributed by atoms with Gasteiger partial charge in [-0.1, -0.05) is 0 Å². The molecule has 84 valence electrons. The van der Waals surface area contributed by atoms with E-state index in [1.165, 1.54) is 0 Å². The van der Waals surface area contributed by atoms with Crippen LogP contribution in [-0.2, 0) is 9.53 Å². The van der Waals surface area contributed by atoms with Crippen LogP contribution in [0.5, 0.6) is 0 Å². The summed E-state index contributed by atoms with van der Waals surface area (Å²) in [5.74, 6) is -2.76. The highest BCUT2D eigenvalue weighted by Gasteiger charge is 2.38. The van der Waals surface area contributed by atoms with Gasteiger partial charge in [-0.2, -0.15) is 13.2 Å². The Morgan fingerprint density at radius 1 is 1.57 bits per heavy atom. The molecule has 2 N–H and O–H groups in total. The molecule has 1 saturated heterocycles. The minimum atomic E-state index is -5.08. The normalized spacial score (nSPS) is 22.1. The van der Waals surface area contributed by atoms with Crippen molar-refractivity contribution in [2.75, 3.05) is 19.7 Å². The van der Waals surface area contributed by atoms with Crippen LogP contribution in [0.15, 0.2) is 0 Å². The second-order valence-electron chi connectivity index (χ2n) is 2.69. The average molecular weight is 215 g/mol. The molecule has 1 fully saturated rings. The molecule has 1 aliphatic heterocycles. The van der Waals surface area contributed by atoms with Gasteiger partial charge in [-0.15, -0.1) is 0 Å². The van der Waals surface area contributed by atoms with E-state index in [-0.39, 0.29) is 0 Å². The standard InChI is InChI=1S/C5H11NO.C2HF3O2/c1-5-4-6-2-3-7-5;3-2(4,5)1(6)7/h5-6H,2-4H2,1H3;(H,6,7). The summed E-state index contributed by atoms with van der Waals surface area (Å²) in [4.78, 5) is 8.90. The zero-order valence-electron chi connectivity index (χ0n) is 7.60. The lowest BCUT2D eigenvalue weighted by Crippen LogP contribution is -2.36. The van der Waals surface area contributed by atoms with Crippen LogP contribution in [0.4, 0.5) is 13.2 Å². The summed E-state index contributed by atoms with van der Waals surface area (Å²) in [5, 5.41) is 10.3. The third kappa shape index (κ3) is 6.67. The molecule has 0 aliphatic carbocycles. The predicted octanol–water partition coefficient (Wildman–Crippen LogP) is 0.628. The van der Waals surface area contributed by atoms with Crippen molar-refractivity contribution in [1.29, 1.82) is 0 Å². The molecule has 0 bridgehead atoms. The van der Waals surface area contributed by atoms with Gasteiger partial charge in [-0.05, 0) is 6.92 Å². The van der Waals surface area contributed by atoms with E-state index >= 15 is 0 Å². The molecule has 4 nitrogen and oxygen atoms in total. The van der Waals surface area contributed by atoms with E-state index in [4.69, 9.17) is 14.6 Å². The molecule has 1 unspecified atom stereocenters. The van der Waals surface area contributed by atoms with E-state index in [1.54, 1.807) is 0 Å². The quantitative estimate of drug-likeness (QED) is 0.622. The second kappa shape index (κ2) is 5.82. The summed E-state index contributed by atoms with van der Waals surface area (Å²) in [5.41, 5.74) is 0. The van der Waals surface area contributed by atoms with Crippen molar-refractivity contribution in [3.05, 3.63) is 0 Å². The van der Waals surface area contributed by atoms with Gasteiger partial charge in [0.25, 0.3) is 0 Å². The number of aliphatic carboxylic acids is 1. The number of ether oxygens (including phenoxy) is 1. The fraction of sp³-hybridized carbons (Fsp3) is 0.857. The van der Waals surface area contributed by atoms with E-state index in [9.17, 15) is 13.2 Å². The number of carbonyl (C=O) groups is 1. The number of halogens is 3. The Kier molecular flexibility index (Phi) is 5.47. The van der Waals surface area contributed by atoms with Crippen molar-refractivity contribution in [2.24, 2.45) is 0 Å². The molecule has 7 heteroatoms. The van der Waals surface area contributed by atoms with Gasteiger partial charge in [-0.3, -0.25) is 0 Å². The molecular formula is C7H12F3NO3. The largest absolute Gasteiger partial charge is 0.490 e. The fourth-order valence-electron chi connectivity index (χ4n) is 0.697. The van der Waals surface area contributed by atoms with Crippen molar-refractivity contribution >= 4 is 5.97 Å². The summed E-state index contributed by atoms with van der Waals surface area (Å²) >= 11 is 0. The molecule has 1 heterocycles. The van der Waals surface area contributed by atoms with Crippen LogP contribution in [0, 0.1) is 0 Å². The molecule has 1 aliphatic rings. The maximum Gasteiger partial charge on any atom is 0.490 e. The monoisotopic (exact) mass is 215 g/mol. The highest BCUT2D eigenvalue weighted by molar-refractivity contribution is 5.73. The molecule has 0 spiro atoms. The number of nitrogens with one attached hydrogen (secondary N) is 1. The maximum absolute atomic E-state index is 10.6. The molecule has 0 saturated carbocycles. The highest BCUT2D eigenvalue weighted by atomic mass is 19.4.